The molecule has 3 aromatic carbocycles. The van der Waals surface area contributed by atoms with E-state index in [2.05, 4.69) is 0 Å². The first-order valence-electron chi connectivity index (χ1n) is 6.96. The van der Waals surface area contributed by atoms with Gasteiger partial charge in [-0.2, -0.15) is 0 Å². The highest BCUT2D eigenvalue weighted by Gasteiger charge is 1.97. The molecule has 120 valence electrons. The van der Waals surface area contributed by atoms with Crippen LogP contribution >= 0.6 is 0 Å². The molecule has 0 saturated carbocycles. The van der Waals surface area contributed by atoms with Crippen molar-refractivity contribution in [3.05, 3.63) is 84.4 Å². The van der Waals surface area contributed by atoms with Crippen LogP contribution in [0.1, 0.15) is 5.56 Å². The summed E-state index contributed by atoms with van der Waals surface area (Å²) >= 11 is 0. The molecule has 0 saturated heterocycles. The summed E-state index contributed by atoms with van der Waals surface area (Å²) in [6.07, 6.45) is 0. The first-order valence-corrected chi connectivity index (χ1v) is 6.96. The van der Waals surface area contributed by atoms with Gasteiger partial charge in [-0.25, -0.2) is 0 Å². The monoisotopic (exact) mass is 312 g/mol. The predicted molar refractivity (Wildman–Crippen MR) is 90.7 cm³/mol. The van der Waals surface area contributed by atoms with E-state index < -0.39 is 0 Å². The zero-order valence-corrected chi connectivity index (χ0v) is 12.8. The van der Waals surface area contributed by atoms with Gasteiger partial charge in [-0.3, -0.25) is 0 Å². The zero-order chi connectivity index (χ0) is 17.1. The molecule has 0 unspecified atom stereocenters. The van der Waals surface area contributed by atoms with E-state index in [0.717, 1.165) is 0 Å². The molecule has 0 bridgehead atoms. The lowest BCUT2D eigenvalue weighted by atomic mass is 10.2. The van der Waals surface area contributed by atoms with Crippen LogP contribution < -0.4 is 0 Å². The van der Waals surface area contributed by atoms with Crippen molar-refractivity contribution in [1.29, 1.82) is 0 Å². The number of phenolic OH excluding ortho intramolecular Hbond substituents is 4. The van der Waals surface area contributed by atoms with Gasteiger partial charge in [0.05, 0.1) is 0 Å². The van der Waals surface area contributed by atoms with Crippen molar-refractivity contribution in [3.8, 4) is 23.0 Å². The third-order valence-corrected chi connectivity index (χ3v) is 2.79. The molecule has 4 nitrogen and oxygen atoms in total. The Labute approximate surface area is 135 Å². The molecule has 0 aromatic heterocycles. The lowest BCUT2D eigenvalue weighted by Gasteiger charge is -1.98. The quantitative estimate of drug-likeness (QED) is 0.502. The maximum absolute atomic E-state index is 8.94. The van der Waals surface area contributed by atoms with Crippen molar-refractivity contribution in [2.75, 3.05) is 0 Å². The van der Waals surface area contributed by atoms with Crippen LogP contribution in [-0.2, 0) is 0 Å². The molecule has 23 heavy (non-hydrogen) atoms. The van der Waals surface area contributed by atoms with Gasteiger partial charge in [0, 0.05) is 5.56 Å². The number of hydrogen-bond acceptors (Lipinski definition) is 4. The first kappa shape index (κ1) is 17.9. The van der Waals surface area contributed by atoms with Crippen molar-refractivity contribution in [3.63, 3.8) is 0 Å². The van der Waals surface area contributed by atoms with Crippen molar-refractivity contribution in [2.45, 2.75) is 6.92 Å². The van der Waals surface area contributed by atoms with E-state index in [9.17, 15) is 0 Å². The van der Waals surface area contributed by atoms with Crippen molar-refractivity contribution in [2.24, 2.45) is 0 Å². The second-order valence-electron chi connectivity index (χ2n) is 4.59. The van der Waals surface area contributed by atoms with Gasteiger partial charge in [0.2, 0.25) is 0 Å². The van der Waals surface area contributed by atoms with E-state index in [1.165, 1.54) is 12.1 Å². The van der Waals surface area contributed by atoms with Gasteiger partial charge in [0.15, 0.2) is 0 Å². The molecule has 4 heteroatoms. The lowest BCUT2D eigenvalue weighted by Crippen LogP contribution is -1.73. The fraction of sp³-hybridized carbons (Fsp3) is 0.0526. The van der Waals surface area contributed by atoms with Crippen LogP contribution in [0, 0.1) is 6.92 Å². The Morgan fingerprint density at radius 2 is 0.826 bits per heavy atom. The molecule has 0 aliphatic heterocycles. The van der Waals surface area contributed by atoms with Crippen LogP contribution in [0.25, 0.3) is 0 Å². The minimum Gasteiger partial charge on any atom is -0.508 e. The molecule has 0 fully saturated rings. The maximum atomic E-state index is 8.94. The smallest absolute Gasteiger partial charge is 0.122 e. The molecule has 4 N–H and O–H groups in total. The minimum atomic E-state index is 0.134. The lowest BCUT2D eigenvalue weighted by molar-refractivity contribution is 0.443. The first-order chi connectivity index (χ1) is 11.0. The van der Waals surface area contributed by atoms with Crippen LogP contribution in [0.5, 0.6) is 23.0 Å². The number of phenols is 4. The van der Waals surface area contributed by atoms with Crippen molar-refractivity contribution < 1.29 is 20.4 Å². The summed E-state index contributed by atoms with van der Waals surface area (Å²) in [6.45, 7) is 1.66. The highest BCUT2D eigenvalue weighted by atomic mass is 16.3. The molecule has 0 heterocycles. The number of aromatic hydroxyl groups is 4. The van der Waals surface area contributed by atoms with Crippen LogP contribution in [0.3, 0.4) is 0 Å². The Hall–Kier alpha value is -3.14. The fourth-order valence-corrected chi connectivity index (χ4v) is 1.47. The van der Waals surface area contributed by atoms with E-state index in [1.54, 1.807) is 61.5 Å². The van der Waals surface area contributed by atoms with Gasteiger partial charge in [0.25, 0.3) is 0 Å². The number of para-hydroxylation sites is 2. The fourth-order valence-electron chi connectivity index (χ4n) is 1.47. The van der Waals surface area contributed by atoms with Gasteiger partial charge < -0.3 is 20.4 Å². The summed E-state index contributed by atoms with van der Waals surface area (Å²) in [5.41, 5.74) is 0.525. The molecular weight excluding hydrogens is 292 g/mol. The second kappa shape index (κ2) is 9.73. The van der Waals surface area contributed by atoms with E-state index in [-0.39, 0.29) is 11.5 Å². The molecule has 3 aromatic rings. The third-order valence-electron chi connectivity index (χ3n) is 2.79. The van der Waals surface area contributed by atoms with Crippen molar-refractivity contribution in [1.82, 2.24) is 0 Å². The maximum Gasteiger partial charge on any atom is 0.122 e. The summed E-state index contributed by atoms with van der Waals surface area (Å²) < 4.78 is 0. The zero-order valence-electron chi connectivity index (χ0n) is 12.8. The molecule has 3 rings (SSSR count). The normalized spacial score (nSPS) is 8.91. The summed E-state index contributed by atoms with van der Waals surface area (Å²) in [5.74, 6) is 0.912. The van der Waals surface area contributed by atoms with Crippen LogP contribution in [0.4, 0.5) is 0 Å². The average molecular weight is 312 g/mol. The standard InChI is InChI=1S/C7H8O2.2C6H6O/c1-5-6(8)3-2-4-7(5)9;2*7-6-4-2-1-3-5-6/h2-4,8-9H,1H3;2*1-5,7H. The van der Waals surface area contributed by atoms with E-state index >= 15 is 0 Å². The molecule has 0 amide bonds. The molecule has 0 spiro atoms. The molecule has 0 aliphatic rings. The Bertz CT molecular complexity index is 624. The molecule has 0 atom stereocenters. The summed E-state index contributed by atoms with van der Waals surface area (Å²) in [5, 5.41) is 35.1. The largest absolute Gasteiger partial charge is 0.508 e. The Kier molecular flexibility index (Phi) is 7.58. The Balaban J connectivity index is 0.000000175. The summed E-state index contributed by atoms with van der Waals surface area (Å²) in [4.78, 5) is 0. The highest BCUT2D eigenvalue weighted by Crippen LogP contribution is 2.23. The van der Waals surface area contributed by atoms with Gasteiger partial charge >= 0.3 is 0 Å². The van der Waals surface area contributed by atoms with E-state index in [0.29, 0.717) is 17.1 Å². The minimum absolute atomic E-state index is 0.134. The van der Waals surface area contributed by atoms with Crippen LogP contribution in [0.15, 0.2) is 78.9 Å². The molecule has 0 radical (unpaired) electrons. The number of benzene rings is 3. The van der Waals surface area contributed by atoms with Gasteiger partial charge in [-0.1, -0.05) is 42.5 Å². The van der Waals surface area contributed by atoms with Crippen molar-refractivity contribution >= 4 is 0 Å². The number of hydrogen-bond donors (Lipinski definition) is 4. The topological polar surface area (TPSA) is 80.9 Å². The average Bonchev–Trinajstić information content (AvgIpc) is 2.55. The highest BCUT2D eigenvalue weighted by molar-refractivity contribution is 5.41. The molecule has 0 aliphatic carbocycles. The predicted octanol–water partition coefficient (Wildman–Crippen LogP) is 4.19. The van der Waals surface area contributed by atoms with Crippen LogP contribution in [0.2, 0.25) is 0 Å². The summed E-state index contributed by atoms with van der Waals surface area (Å²) in [7, 11) is 0. The third kappa shape index (κ3) is 7.43. The van der Waals surface area contributed by atoms with Gasteiger partial charge in [-0.15, -0.1) is 0 Å². The van der Waals surface area contributed by atoms with Crippen LogP contribution in [-0.4, -0.2) is 20.4 Å². The molecular formula is C19H20O4. The Morgan fingerprint density at radius 3 is 1.04 bits per heavy atom. The van der Waals surface area contributed by atoms with E-state index in [1.807, 2.05) is 12.1 Å². The van der Waals surface area contributed by atoms with Gasteiger partial charge in [-0.05, 0) is 43.3 Å². The van der Waals surface area contributed by atoms with Gasteiger partial charge in [0.1, 0.15) is 23.0 Å². The Morgan fingerprint density at radius 1 is 0.478 bits per heavy atom. The number of rotatable bonds is 0. The van der Waals surface area contributed by atoms with E-state index in [4.69, 9.17) is 20.4 Å². The SMILES string of the molecule is Cc1c(O)cccc1O.Oc1ccccc1.Oc1ccccc1. The summed E-state index contributed by atoms with van der Waals surface area (Å²) in [6, 6.07) is 22.1. The second-order valence-corrected chi connectivity index (χ2v) is 4.59.